The number of rotatable bonds is 5. The van der Waals surface area contributed by atoms with E-state index >= 15 is 0 Å². The molecule has 1 N–H and O–H groups in total. The molecule has 3 atom stereocenters. The highest BCUT2D eigenvalue weighted by molar-refractivity contribution is 5.44. The topological polar surface area (TPSA) is 37.4 Å². The standard InChI is InChI=1S/C20H33N3O/c1-14(2)15(3)17-11-19(13-21-12-17)22-18-5-8-23(9-6-18)20-7-10-24-16(20)4/h11-16,18,20,22H,5-10H2,1-4H3. The number of nitrogens with one attached hydrogen (secondary N) is 1. The molecule has 2 fully saturated rings. The zero-order valence-corrected chi connectivity index (χ0v) is 15.7. The lowest BCUT2D eigenvalue weighted by Crippen LogP contribution is -2.47. The lowest BCUT2D eigenvalue weighted by molar-refractivity contribution is 0.0641. The van der Waals surface area contributed by atoms with Crippen LogP contribution < -0.4 is 5.32 Å². The van der Waals surface area contributed by atoms with Gasteiger partial charge < -0.3 is 10.1 Å². The Balaban J connectivity index is 1.53. The van der Waals surface area contributed by atoms with Gasteiger partial charge in [0.05, 0.1) is 11.8 Å². The number of hydrogen-bond acceptors (Lipinski definition) is 4. The number of pyridine rings is 1. The van der Waals surface area contributed by atoms with Gasteiger partial charge in [0.25, 0.3) is 0 Å². The number of nitrogens with zero attached hydrogens (tertiary/aromatic N) is 2. The normalized spacial score (nSPS) is 27.5. The van der Waals surface area contributed by atoms with Gasteiger partial charge in [0, 0.05) is 44.2 Å². The Kier molecular flexibility index (Phi) is 5.77. The van der Waals surface area contributed by atoms with Gasteiger partial charge in [-0.15, -0.1) is 0 Å². The number of aromatic nitrogens is 1. The number of anilines is 1. The molecule has 24 heavy (non-hydrogen) atoms. The Bertz CT molecular complexity index is 525. The number of ether oxygens (including phenoxy) is 1. The Morgan fingerprint density at radius 2 is 1.92 bits per heavy atom. The number of likely N-dealkylation sites (tertiary alicyclic amines) is 1. The summed E-state index contributed by atoms with van der Waals surface area (Å²) in [6.07, 6.45) is 7.97. The van der Waals surface area contributed by atoms with E-state index in [-0.39, 0.29) is 0 Å². The monoisotopic (exact) mass is 331 g/mol. The van der Waals surface area contributed by atoms with Crippen LogP contribution in [0.3, 0.4) is 0 Å². The van der Waals surface area contributed by atoms with Crippen molar-refractivity contribution in [2.45, 2.75) is 71.1 Å². The predicted octanol–water partition coefficient (Wildman–Crippen LogP) is 3.89. The summed E-state index contributed by atoms with van der Waals surface area (Å²) in [6.45, 7) is 12.3. The van der Waals surface area contributed by atoms with Crippen molar-refractivity contribution in [3.05, 3.63) is 24.0 Å². The van der Waals surface area contributed by atoms with Crippen LogP contribution in [0.15, 0.2) is 18.5 Å². The maximum Gasteiger partial charge on any atom is 0.0703 e. The van der Waals surface area contributed by atoms with Crippen LogP contribution in [-0.4, -0.2) is 47.8 Å². The van der Waals surface area contributed by atoms with Crippen molar-refractivity contribution in [3.8, 4) is 0 Å². The van der Waals surface area contributed by atoms with Crippen LogP contribution in [0.4, 0.5) is 5.69 Å². The third-order valence-electron chi connectivity index (χ3n) is 5.99. The maximum atomic E-state index is 5.73. The van der Waals surface area contributed by atoms with Crippen molar-refractivity contribution in [3.63, 3.8) is 0 Å². The van der Waals surface area contributed by atoms with Crippen molar-refractivity contribution < 1.29 is 4.74 Å². The van der Waals surface area contributed by atoms with Crippen molar-refractivity contribution in [1.82, 2.24) is 9.88 Å². The van der Waals surface area contributed by atoms with Crippen molar-refractivity contribution in [2.75, 3.05) is 25.0 Å². The smallest absolute Gasteiger partial charge is 0.0703 e. The molecule has 2 aliphatic rings. The minimum absolute atomic E-state index is 0.396. The van der Waals surface area contributed by atoms with Crippen LogP contribution >= 0.6 is 0 Å². The minimum Gasteiger partial charge on any atom is -0.381 e. The first kappa shape index (κ1) is 17.7. The molecule has 0 spiro atoms. The molecule has 4 heteroatoms. The molecule has 0 aliphatic carbocycles. The molecule has 0 bridgehead atoms. The molecular weight excluding hydrogens is 298 g/mol. The molecule has 0 saturated carbocycles. The van der Waals surface area contributed by atoms with Gasteiger partial charge in [-0.3, -0.25) is 9.88 Å². The van der Waals surface area contributed by atoms with Gasteiger partial charge in [0.2, 0.25) is 0 Å². The van der Waals surface area contributed by atoms with Crippen LogP contribution in [0.2, 0.25) is 0 Å². The fraction of sp³-hybridized carbons (Fsp3) is 0.750. The van der Waals surface area contributed by atoms with E-state index in [1.807, 2.05) is 12.4 Å². The van der Waals surface area contributed by atoms with Gasteiger partial charge in [0.1, 0.15) is 0 Å². The second-order valence-electron chi connectivity index (χ2n) is 7.93. The average molecular weight is 332 g/mol. The summed E-state index contributed by atoms with van der Waals surface area (Å²) < 4.78 is 5.73. The summed E-state index contributed by atoms with van der Waals surface area (Å²) in [6, 6.07) is 3.48. The predicted molar refractivity (Wildman–Crippen MR) is 99.5 cm³/mol. The van der Waals surface area contributed by atoms with Gasteiger partial charge in [-0.25, -0.2) is 0 Å². The van der Waals surface area contributed by atoms with Gasteiger partial charge >= 0.3 is 0 Å². The Hall–Kier alpha value is -1.13. The summed E-state index contributed by atoms with van der Waals surface area (Å²) in [7, 11) is 0. The summed E-state index contributed by atoms with van der Waals surface area (Å²) >= 11 is 0. The molecule has 4 nitrogen and oxygen atoms in total. The summed E-state index contributed by atoms with van der Waals surface area (Å²) in [5, 5.41) is 3.72. The quantitative estimate of drug-likeness (QED) is 0.888. The molecule has 3 rings (SSSR count). The van der Waals surface area contributed by atoms with Crippen LogP contribution in [0.5, 0.6) is 0 Å². The SMILES string of the molecule is CC(C)C(C)c1cncc(NC2CCN(C3CCOC3C)CC2)c1. The first-order chi connectivity index (χ1) is 11.5. The molecule has 2 aliphatic heterocycles. The van der Waals surface area contributed by atoms with Crippen molar-refractivity contribution in [1.29, 1.82) is 0 Å². The van der Waals surface area contributed by atoms with E-state index in [1.54, 1.807) is 0 Å². The van der Waals surface area contributed by atoms with Crippen LogP contribution in [0.1, 0.15) is 58.4 Å². The van der Waals surface area contributed by atoms with E-state index in [0.717, 1.165) is 6.61 Å². The third-order valence-corrected chi connectivity index (χ3v) is 5.99. The second kappa shape index (κ2) is 7.83. The van der Waals surface area contributed by atoms with Crippen LogP contribution in [0.25, 0.3) is 0 Å². The Labute approximate surface area is 147 Å². The summed E-state index contributed by atoms with van der Waals surface area (Å²) in [5.41, 5.74) is 2.51. The Morgan fingerprint density at radius 3 is 2.54 bits per heavy atom. The van der Waals surface area contributed by atoms with Crippen LogP contribution in [-0.2, 0) is 4.74 Å². The molecule has 0 amide bonds. The number of hydrogen-bond donors (Lipinski definition) is 1. The molecule has 3 unspecified atom stereocenters. The fourth-order valence-corrected chi connectivity index (χ4v) is 3.98. The molecule has 2 saturated heterocycles. The highest BCUT2D eigenvalue weighted by Gasteiger charge is 2.32. The second-order valence-corrected chi connectivity index (χ2v) is 7.93. The Morgan fingerprint density at radius 1 is 1.17 bits per heavy atom. The zero-order chi connectivity index (χ0) is 17.1. The van der Waals surface area contributed by atoms with E-state index in [4.69, 9.17) is 4.74 Å². The lowest BCUT2D eigenvalue weighted by atomic mass is 9.91. The van der Waals surface area contributed by atoms with E-state index in [0.29, 0.717) is 30.0 Å². The summed E-state index contributed by atoms with van der Waals surface area (Å²) in [5.74, 6) is 1.19. The number of piperidine rings is 1. The lowest BCUT2D eigenvalue weighted by Gasteiger charge is -2.37. The molecule has 0 radical (unpaired) electrons. The molecule has 0 aromatic carbocycles. The van der Waals surface area contributed by atoms with E-state index in [1.165, 1.54) is 43.6 Å². The first-order valence-corrected chi connectivity index (χ1v) is 9.61. The third kappa shape index (κ3) is 4.09. The maximum absolute atomic E-state index is 5.73. The zero-order valence-electron chi connectivity index (χ0n) is 15.7. The molecule has 1 aromatic rings. The van der Waals surface area contributed by atoms with Crippen molar-refractivity contribution in [2.24, 2.45) is 5.92 Å². The average Bonchev–Trinajstić information content (AvgIpc) is 3.01. The van der Waals surface area contributed by atoms with Crippen LogP contribution in [0, 0.1) is 5.92 Å². The minimum atomic E-state index is 0.396. The van der Waals surface area contributed by atoms with Gasteiger partial charge in [0.15, 0.2) is 0 Å². The highest BCUT2D eigenvalue weighted by atomic mass is 16.5. The van der Waals surface area contributed by atoms with Crippen molar-refractivity contribution >= 4 is 5.69 Å². The molecule has 3 heterocycles. The largest absolute Gasteiger partial charge is 0.381 e. The van der Waals surface area contributed by atoms with E-state index < -0.39 is 0 Å². The fourth-order valence-electron chi connectivity index (χ4n) is 3.98. The van der Waals surface area contributed by atoms with Gasteiger partial charge in [-0.1, -0.05) is 20.8 Å². The first-order valence-electron chi connectivity index (χ1n) is 9.61. The summed E-state index contributed by atoms with van der Waals surface area (Å²) in [4.78, 5) is 7.08. The molecule has 1 aromatic heterocycles. The molecule has 134 valence electrons. The van der Waals surface area contributed by atoms with E-state index in [9.17, 15) is 0 Å². The molecular formula is C20H33N3O. The van der Waals surface area contributed by atoms with E-state index in [2.05, 4.69) is 49.0 Å². The highest BCUT2D eigenvalue weighted by Crippen LogP contribution is 2.27. The van der Waals surface area contributed by atoms with Gasteiger partial charge in [-0.05, 0) is 49.7 Å². The van der Waals surface area contributed by atoms with Gasteiger partial charge in [-0.2, -0.15) is 0 Å².